The number of amides is 1. The van der Waals surface area contributed by atoms with E-state index in [1.807, 2.05) is 0 Å². The Morgan fingerprint density at radius 3 is 2.54 bits per heavy atom. The Labute approximate surface area is 156 Å². The molecule has 0 atom stereocenters. The molecule has 1 amide bonds. The van der Waals surface area contributed by atoms with Gasteiger partial charge >= 0.3 is 0 Å². The lowest BCUT2D eigenvalue weighted by atomic mass is 10.3. The first-order chi connectivity index (χ1) is 12.1. The maximum Gasteiger partial charge on any atom is 0.251 e. The fourth-order valence-corrected chi connectivity index (χ4v) is 3.28. The quantitative estimate of drug-likeness (QED) is 0.791. The molecular weight excluding hydrogens is 382 g/mol. The van der Waals surface area contributed by atoms with Crippen LogP contribution < -0.4 is 15.6 Å². The number of rotatable bonds is 6. The summed E-state index contributed by atoms with van der Waals surface area (Å²) in [5.74, 6) is -0.0461. The van der Waals surface area contributed by atoms with Crippen LogP contribution in [-0.4, -0.2) is 44.4 Å². The molecule has 0 fully saturated rings. The van der Waals surface area contributed by atoms with Crippen molar-refractivity contribution in [3.8, 4) is 5.75 Å². The number of methoxy groups -OCH3 is 1. The number of ether oxygens (including phenoxy) is 1. The Bertz CT molecular complexity index is 986. The molecular formula is C16H18ClN3O5S. The van der Waals surface area contributed by atoms with Gasteiger partial charge in [-0.1, -0.05) is 11.6 Å². The van der Waals surface area contributed by atoms with E-state index in [0.29, 0.717) is 16.5 Å². The first kappa shape index (κ1) is 20.0. The van der Waals surface area contributed by atoms with Crippen molar-refractivity contribution in [2.24, 2.45) is 0 Å². The number of carbonyl (C=O) groups is 1. The molecule has 0 spiro atoms. The molecule has 0 radical (unpaired) electrons. The van der Waals surface area contributed by atoms with Crippen LogP contribution in [0.2, 0.25) is 5.02 Å². The number of aromatic nitrogens is 1. The zero-order valence-corrected chi connectivity index (χ0v) is 16.0. The van der Waals surface area contributed by atoms with Gasteiger partial charge in [0, 0.05) is 32.0 Å². The van der Waals surface area contributed by atoms with Crippen LogP contribution in [0.15, 0.2) is 46.2 Å². The topological polar surface area (TPSA) is 97.7 Å². The molecule has 2 aromatic rings. The highest BCUT2D eigenvalue weighted by molar-refractivity contribution is 7.89. The van der Waals surface area contributed by atoms with Gasteiger partial charge in [0.15, 0.2) is 0 Å². The van der Waals surface area contributed by atoms with Crippen molar-refractivity contribution in [3.63, 3.8) is 0 Å². The van der Waals surface area contributed by atoms with Crippen molar-refractivity contribution in [1.29, 1.82) is 0 Å². The van der Waals surface area contributed by atoms with E-state index in [0.717, 1.165) is 21.1 Å². The van der Waals surface area contributed by atoms with E-state index in [1.54, 1.807) is 12.1 Å². The summed E-state index contributed by atoms with van der Waals surface area (Å²) in [6.45, 7) is -0.348. The number of nitrogens with zero attached hydrogens (tertiary/aromatic N) is 2. The van der Waals surface area contributed by atoms with E-state index in [2.05, 4.69) is 5.32 Å². The highest BCUT2D eigenvalue weighted by Gasteiger charge is 2.18. The summed E-state index contributed by atoms with van der Waals surface area (Å²) in [6.07, 6.45) is 1.14. The first-order valence-electron chi connectivity index (χ1n) is 7.41. The third kappa shape index (κ3) is 4.43. The van der Waals surface area contributed by atoms with Crippen molar-refractivity contribution < 1.29 is 17.9 Å². The minimum absolute atomic E-state index is 0.0811. The van der Waals surface area contributed by atoms with Crippen LogP contribution in [0.5, 0.6) is 5.75 Å². The second-order valence-electron chi connectivity index (χ2n) is 5.52. The minimum atomic E-state index is -3.71. The highest BCUT2D eigenvalue weighted by Crippen LogP contribution is 2.27. The van der Waals surface area contributed by atoms with Crippen LogP contribution in [0.1, 0.15) is 0 Å². The highest BCUT2D eigenvalue weighted by atomic mass is 35.5. The maximum atomic E-state index is 12.2. The van der Waals surface area contributed by atoms with E-state index in [4.69, 9.17) is 16.3 Å². The molecule has 0 bridgehead atoms. The average molecular weight is 400 g/mol. The minimum Gasteiger partial charge on any atom is -0.495 e. The Morgan fingerprint density at radius 2 is 1.96 bits per heavy atom. The van der Waals surface area contributed by atoms with Gasteiger partial charge in [-0.3, -0.25) is 9.59 Å². The second kappa shape index (κ2) is 7.90. The molecule has 8 nitrogen and oxygen atoms in total. The molecule has 2 rings (SSSR count). The summed E-state index contributed by atoms with van der Waals surface area (Å²) in [5, 5.41) is 2.91. The molecule has 0 aliphatic carbocycles. The van der Waals surface area contributed by atoms with Crippen LogP contribution in [0.3, 0.4) is 0 Å². The lowest BCUT2D eigenvalue weighted by Gasteiger charge is -2.13. The van der Waals surface area contributed by atoms with Gasteiger partial charge in [-0.05, 0) is 24.3 Å². The van der Waals surface area contributed by atoms with Crippen molar-refractivity contribution in [2.45, 2.75) is 11.4 Å². The Hall–Kier alpha value is -2.36. The Kier molecular flexibility index (Phi) is 6.06. The van der Waals surface area contributed by atoms with Gasteiger partial charge < -0.3 is 14.6 Å². The predicted molar refractivity (Wildman–Crippen MR) is 98.2 cm³/mol. The number of pyridine rings is 1. The molecule has 1 N–H and O–H groups in total. The normalized spacial score (nSPS) is 11.4. The molecule has 0 saturated heterocycles. The molecule has 0 aliphatic rings. The number of benzene rings is 1. The van der Waals surface area contributed by atoms with Gasteiger partial charge in [0.2, 0.25) is 15.9 Å². The van der Waals surface area contributed by atoms with Crippen molar-refractivity contribution >= 4 is 33.2 Å². The van der Waals surface area contributed by atoms with Crippen LogP contribution in [-0.2, 0) is 21.4 Å². The lowest BCUT2D eigenvalue weighted by molar-refractivity contribution is -0.116. The monoisotopic (exact) mass is 399 g/mol. The summed E-state index contributed by atoms with van der Waals surface area (Å²) in [5.41, 5.74) is -0.0727. The summed E-state index contributed by atoms with van der Waals surface area (Å²) in [4.78, 5) is 24.0. The largest absolute Gasteiger partial charge is 0.495 e. The van der Waals surface area contributed by atoms with Crippen LogP contribution in [0.4, 0.5) is 5.69 Å². The standard InChI is InChI=1S/C16H18ClN3O5S/c1-19(2)26(23,24)12-5-7-16(22)20(9-12)10-15(21)18-11-4-6-14(25-3)13(17)8-11/h4-9H,10H2,1-3H3,(H,18,21). The third-order valence-electron chi connectivity index (χ3n) is 3.48. The molecule has 1 heterocycles. The molecule has 0 aliphatic heterocycles. The summed E-state index contributed by atoms with van der Waals surface area (Å²) in [7, 11) is 0.519. The van der Waals surface area contributed by atoms with Crippen LogP contribution in [0, 0.1) is 0 Å². The van der Waals surface area contributed by atoms with Gasteiger partial charge in [0.05, 0.1) is 17.0 Å². The predicted octanol–water partition coefficient (Wildman–Crippen LogP) is 1.40. The van der Waals surface area contributed by atoms with Gasteiger partial charge in [-0.2, -0.15) is 0 Å². The smallest absolute Gasteiger partial charge is 0.251 e. The van der Waals surface area contributed by atoms with Gasteiger partial charge in [0.25, 0.3) is 5.56 Å². The first-order valence-corrected chi connectivity index (χ1v) is 9.23. The Balaban J connectivity index is 2.21. The van der Waals surface area contributed by atoms with Crippen molar-refractivity contribution in [3.05, 3.63) is 51.9 Å². The average Bonchev–Trinajstić information content (AvgIpc) is 2.56. The molecule has 0 saturated carbocycles. The van der Waals surface area contributed by atoms with Crippen LogP contribution >= 0.6 is 11.6 Å². The number of sulfonamides is 1. The number of anilines is 1. The fraction of sp³-hybridized carbons (Fsp3) is 0.250. The van der Waals surface area contributed by atoms with E-state index >= 15 is 0 Å². The van der Waals surface area contributed by atoms with E-state index < -0.39 is 21.5 Å². The maximum absolute atomic E-state index is 12.2. The number of hydrogen-bond donors (Lipinski definition) is 1. The third-order valence-corrected chi connectivity index (χ3v) is 5.58. The number of hydrogen-bond acceptors (Lipinski definition) is 5. The second-order valence-corrected chi connectivity index (χ2v) is 8.07. The molecule has 0 unspecified atom stereocenters. The van der Waals surface area contributed by atoms with Crippen molar-refractivity contribution in [2.75, 3.05) is 26.5 Å². The van der Waals surface area contributed by atoms with E-state index in [1.165, 1.54) is 33.3 Å². The van der Waals surface area contributed by atoms with Gasteiger partial charge in [0.1, 0.15) is 12.3 Å². The summed E-state index contributed by atoms with van der Waals surface area (Å²) >= 11 is 6.00. The zero-order chi connectivity index (χ0) is 19.5. The number of carbonyl (C=O) groups excluding carboxylic acids is 1. The summed E-state index contributed by atoms with van der Waals surface area (Å²) < 4.78 is 31.4. The molecule has 140 valence electrons. The van der Waals surface area contributed by atoms with Crippen molar-refractivity contribution in [1.82, 2.24) is 8.87 Å². The van der Waals surface area contributed by atoms with Crippen LogP contribution in [0.25, 0.3) is 0 Å². The number of nitrogens with one attached hydrogen (secondary N) is 1. The Morgan fingerprint density at radius 1 is 1.27 bits per heavy atom. The molecule has 10 heteroatoms. The SMILES string of the molecule is COc1ccc(NC(=O)Cn2cc(S(=O)(=O)N(C)C)ccc2=O)cc1Cl. The molecule has 26 heavy (non-hydrogen) atoms. The van der Waals surface area contributed by atoms with Gasteiger partial charge in [-0.25, -0.2) is 12.7 Å². The molecule has 1 aromatic carbocycles. The lowest BCUT2D eigenvalue weighted by Crippen LogP contribution is -2.29. The summed E-state index contributed by atoms with van der Waals surface area (Å²) in [6, 6.07) is 7.00. The van der Waals surface area contributed by atoms with E-state index in [9.17, 15) is 18.0 Å². The van der Waals surface area contributed by atoms with E-state index in [-0.39, 0.29) is 11.4 Å². The van der Waals surface area contributed by atoms with Gasteiger partial charge in [-0.15, -0.1) is 0 Å². The molecule has 1 aromatic heterocycles. The zero-order valence-electron chi connectivity index (χ0n) is 14.4. The number of halogens is 1. The fourth-order valence-electron chi connectivity index (χ4n) is 2.10.